The lowest BCUT2D eigenvalue weighted by atomic mass is 10.4. The number of hydrogen-bond acceptors (Lipinski definition) is 3. The monoisotopic (exact) mass is 384 g/mol. The lowest BCUT2D eigenvalue weighted by Crippen LogP contribution is -1.65. The van der Waals surface area contributed by atoms with Gasteiger partial charge in [0.2, 0.25) is 0 Å². The number of rotatable bonds is 1. The van der Waals surface area contributed by atoms with Gasteiger partial charge in [0.05, 0.1) is 0 Å². The van der Waals surface area contributed by atoms with E-state index in [1.807, 2.05) is 18.2 Å². The standard InChI is InChI=1S/C7H8S.2CH4.2H3O3PS/c1-8-7-5-3-2-4-6-7;;;2*1-4(2,3)5/h2-6H,1H3;2*1H4;2*(H3,1,2,3,5). The topological polar surface area (TPSA) is 121 Å². The van der Waals surface area contributed by atoms with Crippen LogP contribution in [-0.2, 0) is 23.6 Å². The van der Waals surface area contributed by atoms with Crippen LogP contribution in [0.2, 0.25) is 0 Å². The molecule has 0 aliphatic rings. The predicted octanol–water partition coefficient (Wildman–Crippen LogP) is 2.06. The Morgan fingerprint density at radius 3 is 1.20 bits per heavy atom. The molecule has 0 saturated carbocycles. The molecule has 122 valence electrons. The van der Waals surface area contributed by atoms with E-state index >= 15 is 0 Å². The molecule has 6 nitrogen and oxygen atoms in total. The predicted molar refractivity (Wildman–Crippen MR) is 93.6 cm³/mol. The Morgan fingerprint density at radius 1 is 0.800 bits per heavy atom. The molecule has 0 amide bonds. The summed E-state index contributed by atoms with van der Waals surface area (Å²) in [5.41, 5.74) is 0. The van der Waals surface area contributed by atoms with E-state index in [-0.39, 0.29) is 14.9 Å². The van der Waals surface area contributed by atoms with Gasteiger partial charge in [-0.2, -0.15) is 0 Å². The fourth-order valence-corrected chi connectivity index (χ4v) is 0.986. The highest BCUT2D eigenvalue weighted by Crippen LogP contribution is 2.26. The molecule has 0 heterocycles. The lowest BCUT2D eigenvalue weighted by Gasteiger charge is -1.89. The van der Waals surface area contributed by atoms with Gasteiger partial charge in [-0.3, -0.25) is 0 Å². The van der Waals surface area contributed by atoms with Gasteiger partial charge < -0.3 is 29.4 Å². The van der Waals surface area contributed by atoms with Crippen LogP contribution >= 0.6 is 25.2 Å². The van der Waals surface area contributed by atoms with Gasteiger partial charge >= 0.3 is 13.4 Å². The summed E-state index contributed by atoms with van der Waals surface area (Å²) in [6, 6.07) is 10.3. The zero-order valence-electron chi connectivity index (χ0n) is 9.19. The van der Waals surface area contributed by atoms with Gasteiger partial charge in [-0.15, -0.1) is 11.8 Å². The van der Waals surface area contributed by atoms with Gasteiger partial charge in [0.1, 0.15) is 0 Å². The summed E-state index contributed by atoms with van der Waals surface area (Å²) in [4.78, 5) is 46.7. The molecule has 1 aromatic rings. The van der Waals surface area contributed by atoms with Crippen LogP contribution in [0.15, 0.2) is 35.2 Å². The van der Waals surface area contributed by atoms with Crippen molar-refractivity contribution in [2.24, 2.45) is 0 Å². The molecule has 11 heteroatoms. The third-order valence-electron chi connectivity index (χ3n) is 0.979. The van der Waals surface area contributed by atoms with E-state index in [4.69, 9.17) is 29.4 Å². The highest BCUT2D eigenvalue weighted by atomic mass is 32.5. The Bertz CT molecular complexity index is 369. The van der Waals surface area contributed by atoms with Gasteiger partial charge in [-0.25, -0.2) is 0 Å². The van der Waals surface area contributed by atoms with Crippen molar-refractivity contribution >= 4 is 48.8 Å². The van der Waals surface area contributed by atoms with Crippen molar-refractivity contribution < 1.29 is 29.4 Å². The van der Waals surface area contributed by atoms with Crippen molar-refractivity contribution in [3.63, 3.8) is 0 Å². The number of thioether (sulfide) groups is 1. The Kier molecular flexibility index (Phi) is 20.9. The van der Waals surface area contributed by atoms with Crippen LogP contribution in [0.4, 0.5) is 0 Å². The highest BCUT2D eigenvalue weighted by Gasteiger charge is 1.92. The molecular weight excluding hydrogens is 362 g/mol. The smallest absolute Gasteiger partial charge is 0.319 e. The molecular formula is C9H22O6P2S3. The molecule has 20 heavy (non-hydrogen) atoms. The van der Waals surface area contributed by atoms with Crippen LogP contribution in [-0.4, -0.2) is 35.6 Å². The molecule has 0 aromatic heterocycles. The minimum Gasteiger partial charge on any atom is -0.325 e. The summed E-state index contributed by atoms with van der Waals surface area (Å²) in [6.07, 6.45) is 2.08. The zero-order chi connectivity index (χ0) is 14.8. The van der Waals surface area contributed by atoms with E-state index in [2.05, 4.69) is 42.0 Å². The first-order valence-corrected chi connectivity index (χ1v) is 10.6. The van der Waals surface area contributed by atoms with Gasteiger partial charge in [0, 0.05) is 4.90 Å². The van der Waals surface area contributed by atoms with Crippen LogP contribution < -0.4 is 0 Å². The summed E-state index contributed by atoms with van der Waals surface area (Å²) in [7, 11) is 0. The molecule has 6 N–H and O–H groups in total. The number of hydrogen-bond donors (Lipinski definition) is 6. The second kappa shape index (κ2) is 14.6. The maximum atomic E-state index is 7.56. The van der Waals surface area contributed by atoms with Crippen LogP contribution in [0.1, 0.15) is 14.9 Å². The fourth-order valence-electron chi connectivity index (χ4n) is 0.557. The molecule has 0 aliphatic heterocycles. The minimum atomic E-state index is -3.81. The normalized spacial score (nSPS) is 9.55. The molecule has 0 fully saturated rings. The SMILES string of the molecule is C.C.CSc1ccccc1.OP(O)(O)=S.OP(O)(O)=S. The van der Waals surface area contributed by atoms with Crippen molar-refractivity contribution in [3.8, 4) is 0 Å². The van der Waals surface area contributed by atoms with Gasteiger partial charge in [-0.1, -0.05) is 33.1 Å². The van der Waals surface area contributed by atoms with Crippen LogP contribution in [0.3, 0.4) is 0 Å². The quantitative estimate of drug-likeness (QED) is 0.319. The van der Waals surface area contributed by atoms with E-state index in [1.54, 1.807) is 11.8 Å². The Morgan fingerprint density at radius 2 is 1.05 bits per heavy atom. The molecule has 0 unspecified atom stereocenters. The maximum absolute atomic E-state index is 7.56. The average molecular weight is 384 g/mol. The van der Waals surface area contributed by atoms with E-state index < -0.39 is 13.4 Å². The first-order chi connectivity index (χ1) is 7.93. The summed E-state index contributed by atoms with van der Waals surface area (Å²) < 4.78 is 0. The van der Waals surface area contributed by atoms with E-state index in [9.17, 15) is 0 Å². The third kappa shape index (κ3) is 51.2. The lowest BCUT2D eigenvalue weighted by molar-refractivity contribution is 0.361. The third-order valence-corrected chi connectivity index (χ3v) is 1.72. The molecule has 0 saturated heterocycles. The van der Waals surface area contributed by atoms with Crippen LogP contribution in [0, 0.1) is 0 Å². The van der Waals surface area contributed by atoms with Crippen LogP contribution in [0.25, 0.3) is 0 Å². The summed E-state index contributed by atoms with van der Waals surface area (Å²) >= 11 is 8.98. The van der Waals surface area contributed by atoms with Gasteiger partial charge in [0.25, 0.3) is 0 Å². The second-order valence-corrected chi connectivity index (χ2v) is 8.42. The minimum absolute atomic E-state index is 0. The zero-order valence-corrected chi connectivity index (χ0v) is 13.4. The molecule has 0 aliphatic carbocycles. The average Bonchev–Trinajstić information content (AvgIpc) is 2.14. The highest BCUT2D eigenvalue weighted by molar-refractivity contribution is 8.06. The second-order valence-electron chi connectivity index (χ2n) is 2.54. The van der Waals surface area contributed by atoms with E-state index in [1.165, 1.54) is 4.90 Å². The van der Waals surface area contributed by atoms with Crippen molar-refractivity contribution in [1.82, 2.24) is 0 Å². The van der Waals surface area contributed by atoms with Crippen molar-refractivity contribution in [3.05, 3.63) is 30.3 Å². The fraction of sp³-hybridized carbons (Fsp3) is 0.333. The Hall–Kier alpha value is 0.630. The van der Waals surface area contributed by atoms with E-state index in [0.29, 0.717) is 0 Å². The largest absolute Gasteiger partial charge is 0.325 e. The summed E-state index contributed by atoms with van der Waals surface area (Å²) in [6.45, 7) is -7.61. The summed E-state index contributed by atoms with van der Waals surface area (Å²) in [5, 5.41) is 0. The molecule has 0 bridgehead atoms. The number of benzene rings is 1. The van der Waals surface area contributed by atoms with Gasteiger partial charge in [0.15, 0.2) is 0 Å². The summed E-state index contributed by atoms with van der Waals surface area (Å²) in [5.74, 6) is 0. The maximum Gasteiger partial charge on any atom is 0.319 e. The first-order valence-electron chi connectivity index (χ1n) is 4.09. The Labute approximate surface area is 134 Å². The molecule has 1 rings (SSSR count). The molecule has 1 aromatic carbocycles. The van der Waals surface area contributed by atoms with Crippen molar-refractivity contribution in [1.29, 1.82) is 0 Å². The molecule has 0 radical (unpaired) electrons. The van der Waals surface area contributed by atoms with Crippen molar-refractivity contribution in [2.45, 2.75) is 19.7 Å². The van der Waals surface area contributed by atoms with Crippen molar-refractivity contribution in [2.75, 3.05) is 6.26 Å². The van der Waals surface area contributed by atoms with E-state index in [0.717, 1.165) is 0 Å². The van der Waals surface area contributed by atoms with Crippen LogP contribution in [0.5, 0.6) is 0 Å². The Balaban J connectivity index is -0.0000000960. The van der Waals surface area contributed by atoms with Gasteiger partial charge in [-0.05, 0) is 42.0 Å². The first kappa shape index (κ1) is 28.7. The molecule has 0 atom stereocenters. The molecule has 0 spiro atoms.